The van der Waals surface area contributed by atoms with Crippen molar-refractivity contribution in [2.24, 2.45) is 0 Å². The Labute approximate surface area is 45.5 Å². The van der Waals surface area contributed by atoms with Crippen LogP contribution in [0.15, 0.2) is 0 Å². The van der Waals surface area contributed by atoms with Gasteiger partial charge in [-0.15, -0.1) is 11.4 Å². The number of hydrogen-bond donors (Lipinski definition) is 0. The van der Waals surface area contributed by atoms with Gasteiger partial charge in [0, 0.05) is 0 Å². The van der Waals surface area contributed by atoms with Crippen LogP contribution in [0.4, 0.5) is 0 Å². The van der Waals surface area contributed by atoms with Crippen LogP contribution >= 0.6 is 0 Å². The summed E-state index contributed by atoms with van der Waals surface area (Å²) >= 11 is -3.11. The summed E-state index contributed by atoms with van der Waals surface area (Å²) in [7, 11) is 0. The molecule has 0 saturated carbocycles. The molecule has 0 heterocycles. The molecule has 0 atom stereocenters. The van der Waals surface area contributed by atoms with Crippen LogP contribution in [0.2, 0.25) is 0 Å². The first-order valence-electron chi connectivity index (χ1n) is 0.500. The van der Waals surface area contributed by atoms with Gasteiger partial charge in [0.05, 0.1) is 0 Å². The molecule has 5 heavy (non-hydrogen) atoms. The minimum atomic E-state index is -3.11. The minimum absolute atomic E-state index is 0. The van der Waals surface area contributed by atoms with Crippen LogP contribution in [0.3, 0.4) is 0 Å². The maximum absolute atomic E-state index is 8.44. The third-order valence-electron chi connectivity index (χ3n) is 0. The maximum Gasteiger partial charge on any atom is 2.00 e. The van der Waals surface area contributed by atoms with E-state index in [-0.39, 0.29) is 20.4 Å². The molecule has 0 aliphatic rings. The monoisotopic (exact) mass is 186 g/mol. The van der Waals surface area contributed by atoms with Crippen molar-refractivity contribution in [3.05, 3.63) is 0 Å². The van der Waals surface area contributed by atoms with Crippen molar-refractivity contribution in [2.75, 3.05) is 0 Å². The average Bonchev–Trinajstić information content (AvgIpc) is 0.811. The van der Waals surface area contributed by atoms with Crippen LogP contribution in [0, 0.1) is 0 Å². The van der Waals surface area contributed by atoms with Crippen molar-refractivity contribution >= 4 is 11.4 Å². The standard InChI is InChI=1S/H2O3S.Pd/c1-4(2)3;/h(H2,1,2,3);/q;+2/p-2. The summed E-state index contributed by atoms with van der Waals surface area (Å²) in [5, 5.41) is 0. The molecule has 0 aromatic heterocycles. The molecule has 0 spiro atoms. The smallest absolute Gasteiger partial charge is 0.784 e. The van der Waals surface area contributed by atoms with Crippen LogP contribution in [0.1, 0.15) is 0 Å². The summed E-state index contributed by atoms with van der Waals surface area (Å²) < 4.78 is 25.3. The van der Waals surface area contributed by atoms with E-state index >= 15 is 0 Å². The van der Waals surface area contributed by atoms with Crippen LogP contribution in [-0.2, 0) is 31.8 Å². The Morgan fingerprint density at radius 2 is 1.40 bits per heavy atom. The Morgan fingerprint density at radius 1 is 1.40 bits per heavy atom. The molecule has 34 valence electrons. The summed E-state index contributed by atoms with van der Waals surface area (Å²) in [6, 6.07) is 0. The molecule has 0 unspecified atom stereocenters. The van der Waals surface area contributed by atoms with Gasteiger partial charge >= 0.3 is 20.4 Å². The second-order valence-corrected chi connectivity index (χ2v) is 0.612. The molecule has 5 heteroatoms. The normalized spacial score (nSPS) is 7.00. The molecule has 0 N–H and O–H groups in total. The van der Waals surface area contributed by atoms with Gasteiger partial charge in [0.15, 0.2) is 0 Å². The van der Waals surface area contributed by atoms with E-state index in [9.17, 15) is 0 Å². The van der Waals surface area contributed by atoms with Gasteiger partial charge in [0.25, 0.3) is 0 Å². The largest absolute Gasteiger partial charge is 2.00 e. The zero-order valence-corrected chi connectivity index (χ0v) is 4.32. The Kier molecular flexibility index (Phi) is 8.72. The van der Waals surface area contributed by atoms with Crippen molar-refractivity contribution < 1.29 is 33.7 Å². The molecular weight excluding hydrogens is 186 g/mol. The van der Waals surface area contributed by atoms with Crippen LogP contribution in [0.5, 0.6) is 0 Å². The molecule has 0 amide bonds. The van der Waals surface area contributed by atoms with E-state index in [1.54, 1.807) is 0 Å². The van der Waals surface area contributed by atoms with Gasteiger partial charge in [-0.1, -0.05) is 0 Å². The summed E-state index contributed by atoms with van der Waals surface area (Å²) in [4.78, 5) is 0. The van der Waals surface area contributed by atoms with E-state index in [0.29, 0.717) is 0 Å². The van der Waals surface area contributed by atoms with Gasteiger partial charge in [-0.05, 0) is 0 Å². The first-order chi connectivity index (χ1) is 1.73. The molecule has 0 aromatic carbocycles. The third-order valence-corrected chi connectivity index (χ3v) is 0. The fourth-order valence-corrected chi connectivity index (χ4v) is 0. The van der Waals surface area contributed by atoms with Gasteiger partial charge in [0.2, 0.25) is 0 Å². The number of rotatable bonds is 0. The van der Waals surface area contributed by atoms with Gasteiger partial charge in [0.1, 0.15) is 0 Å². The average molecular weight is 186 g/mol. The van der Waals surface area contributed by atoms with Gasteiger partial charge in [-0.2, -0.15) is 0 Å². The Morgan fingerprint density at radius 3 is 1.40 bits per heavy atom. The second kappa shape index (κ2) is 4.73. The fourth-order valence-electron chi connectivity index (χ4n) is 0. The molecule has 0 radical (unpaired) electrons. The first-order valence-corrected chi connectivity index (χ1v) is 1.50. The van der Waals surface area contributed by atoms with Crippen LogP contribution in [0.25, 0.3) is 0 Å². The summed E-state index contributed by atoms with van der Waals surface area (Å²) in [5.74, 6) is 0. The summed E-state index contributed by atoms with van der Waals surface area (Å²) in [6.45, 7) is 0. The Balaban J connectivity index is 0. The zero-order chi connectivity index (χ0) is 3.58. The quantitative estimate of drug-likeness (QED) is 0.360. The molecule has 0 saturated heterocycles. The summed E-state index contributed by atoms with van der Waals surface area (Å²) in [5.41, 5.74) is 0. The van der Waals surface area contributed by atoms with Crippen molar-refractivity contribution in [1.82, 2.24) is 0 Å². The Hall–Kier alpha value is 0.732. The second-order valence-electron chi connectivity index (χ2n) is 0.204. The van der Waals surface area contributed by atoms with Gasteiger partial charge in [-0.25, -0.2) is 0 Å². The SMILES string of the molecule is O=S([O-])[O-].[Pd+2]. The maximum atomic E-state index is 8.44. The molecule has 0 aliphatic heterocycles. The molecule has 0 aromatic rings. The van der Waals surface area contributed by atoms with E-state index in [0.717, 1.165) is 0 Å². The van der Waals surface area contributed by atoms with E-state index in [4.69, 9.17) is 13.3 Å². The van der Waals surface area contributed by atoms with Crippen LogP contribution < -0.4 is 0 Å². The fraction of sp³-hybridized carbons (Fsp3) is 0. The Bertz CT molecular complexity index is 29.9. The van der Waals surface area contributed by atoms with E-state index < -0.39 is 11.4 Å². The molecular formula is O3PdS. The zero-order valence-electron chi connectivity index (χ0n) is 1.95. The molecule has 0 bridgehead atoms. The summed E-state index contributed by atoms with van der Waals surface area (Å²) in [6.07, 6.45) is 0. The predicted octanol–water partition coefficient (Wildman–Crippen LogP) is -1.01. The minimum Gasteiger partial charge on any atom is -0.784 e. The molecule has 3 nitrogen and oxygen atoms in total. The first kappa shape index (κ1) is 9.22. The van der Waals surface area contributed by atoms with Crippen LogP contribution in [-0.4, -0.2) is 13.3 Å². The molecule has 0 rings (SSSR count). The van der Waals surface area contributed by atoms with Gasteiger partial charge < -0.3 is 9.11 Å². The van der Waals surface area contributed by atoms with E-state index in [1.165, 1.54) is 0 Å². The van der Waals surface area contributed by atoms with Crippen molar-refractivity contribution in [3.63, 3.8) is 0 Å². The topological polar surface area (TPSA) is 63.2 Å². The van der Waals surface area contributed by atoms with Crippen molar-refractivity contribution in [1.29, 1.82) is 0 Å². The van der Waals surface area contributed by atoms with Gasteiger partial charge in [-0.3, -0.25) is 4.21 Å². The van der Waals surface area contributed by atoms with E-state index in [1.807, 2.05) is 0 Å². The molecule has 0 aliphatic carbocycles. The third kappa shape index (κ3) is 65.9. The van der Waals surface area contributed by atoms with E-state index in [2.05, 4.69) is 0 Å². The molecule has 0 fully saturated rings. The number of hydrogen-bond acceptors (Lipinski definition) is 3. The predicted molar refractivity (Wildman–Crippen MR) is 9.70 cm³/mol. The van der Waals surface area contributed by atoms with Crippen molar-refractivity contribution in [3.8, 4) is 0 Å². The van der Waals surface area contributed by atoms with Crippen molar-refractivity contribution in [2.45, 2.75) is 0 Å².